The zero-order valence-corrected chi connectivity index (χ0v) is 21.7. The normalized spacial score (nSPS) is 12.5. The van der Waals surface area contributed by atoms with Crippen LogP contribution < -0.4 is 10.6 Å². The second kappa shape index (κ2) is 13.0. The minimum atomic E-state index is -1.30. The van der Waals surface area contributed by atoms with E-state index < -0.39 is 29.2 Å². The Morgan fingerprint density at radius 3 is 2.42 bits per heavy atom. The van der Waals surface area contributed by atoms with Crippen LogP contribution in [0.25, 0.3) is 0 Å². The van der Waals surface area contributed by atoms with Gasteiger partial charge in [-0.2, -0.15) is 0 Å². The summed E-state index contributed by atoms with van der Waals surface area (Å²) in [6.45, 7) is 9.06. The summed E-state index contributed by atoms with van der Waals surface area (Å²) in [6, 6.07) is 8.86. The van der Waals surface area contributed by atoms with Crippen LogP contribution in [0.3, 0.4) is 0 Å². The molecule has 36 heavy (non-hydrogen) atoms. The van der Waals surface area contributed by atoms with E-state index in [2.05, 4.69) is 30.9 Å². The first-order chi connectivity index (χ1) is 16.9. The number of amides is 2. The molecule has 1 atom stereocenters. The van der Waals surface area contributed by atoms with E-state index in [1.807, 2.05) is 30.3 Å². The van der Waals surface area contributed by atoms with E-state index >= 15 is 0 Å². The number of carbonyl (C=O) groups excluding carboxylic acids is 3. The number of carbonyl (C=O) groups is 3. The van der Waals surface area contributed by atoms with Gasteiger partial charge in [0.25, 0.3) is 0 Å². The van der Waals surface area contributed by atoms with Crippen molar-refractivity contribution in [2.75, 3.05) is 13.7 Å². The number of methoxy groups -OCH3 is 1. The maximum Gasteiger partial charge on any atom is 0.408 e. The van der Waals surface area contributed by atoms with Crippen LogP contribution in [-0.4, -0.2) is 63.0 Å². The van der Waals surface area contributed by atoms with E-state index in [9.17, 15) is 14.4 Å². The van der Waals surface area contributed by atoms with Crippen LogP contribution in [0.15, 0.2) is 30.3 Å². The van der Waals surface area contributed by atoms with Crippen LogP contribution in [0.2, 0.25) is 0 Å². The van der Waals surface area contributed by atoms with Gasteiger partial charge in [-0.1, -0.05) is 30.3 Å². The molecule has 0 fully saturated rings. The Balaban J connectivity index is 2.14. The highest BCUT2D eigenvalue weighted by atomic mass is 16.6. The van der Waals surface area contributed by atoms with Gasteiger partial charge in [-0.25, -0.2) is 9.48 Å². The average Bonchev–Trinajstić information content (AvgIpc) is 3.25. The van der Waals surface area contributed by atoms with Crippen LogP contribution in [0.5, 0.6) is 0 Å². The van der Waals surface area contributed by atoms with Gasteiger partial charge in [0.2, 0.25) is 5.91 Å². The topological polar surface area (TPSA) is 147 Å². The zero-order chi connectivity index (χ0) is 26.8. The molecule has 1 heterocycles. The van der Waals surface area contributed by atoms with Gasteiger partial charge in [-0.15, -0.1) is 5.10 Å². The molecule has 0 aliphatic rings. The minimum absolute atomic E-state index is 0.0700. The molecular weight excluding hydrogens is 468 g/mol. The monoisotopic (exact) mass is 504 g/mol. The van der Waals surface area contributed by atoms with Gasteiger partial charge >= 0.3 is 12.1 Å². The van der Waals surface area contributed by atoms with Crippen molar-refractivity contribution < 1.29 is 28.6 Å². The van der Waals surface area contributed by atoms with Crippen molar-refractivity contribution >= 4 is 18.0 Å². The standard InChI is InChI=1S/C24H36N6O6/c1-23(2,3)36-22(33)26-24(4,5)21(32)25-18(16-35-15-17-11-8-7-9-12-17)20-27-28-29-30(20)14-10-13-19(31)34-6/h7-9,11-12,18H,10,13-16H2,1-6H3,(H,25,32)(H,26,33)/t18-/m1/s1. The SMILES string of the molecule is COC(=O)CCCn1nnnc1[C@@H](COCc1ccccc1)NC(=O)C(C)(C)NC(=O)OC(C)(C)C. The number of hydrogen-bond donors (Lipinski definition) is 2. The first-order valence-corrected chi connectivity index (χ1v) is 11.7. The van der Waals surface area contributed by atoms with Crippen molar-refractivity contribution in [2.45, 2.75) is 77.8 Å². The first-order valence-electron chi connectivity index (χ1n) is 11.7. The summed E-state index contributed by atoms with van der Waals surface area (Å²) in [4.78, 5) is 36.9. The fourth-order valence-electron chi connectivity index (χ4n) is 3.10. The molecule has 0 unspecified atom stereocenters. The predicted molar refractivity (Wildman–Crippen MR) is 129 cm³/mol. The van der Waals surface area contributed by atoms with Crippen molar-refractivity contribution in [1.29, 1.82) is 0 Å². The maximum atomic E-state index is 13.2. The fraction of sp³-hybridized carbons (Fsp3) is 0.583. The molecule has 2 N–H and O–H groups in total. The van der Waals surface area contributed by atoms with Gasteiger partial charge in [0.05, 0.1) is 20.3 Å². The van der Waals surface area contributed by atoms with E-state index in [0.29, 0.717) is 25.4 Å². The third-order valence-electron chi connectivity index (χ3n) is 4.93. The maximum absolute atomic E-state index is 13.2. The lowest BCUT2D eigenvalue weighted by Gasteiger charge is -2.29. The molecule has 0 aliphatic heterocycles. The molecule has 0 bridgehead atoms. The van der Waals surface area contributed by atoms with Crippen LogP contribution >= 0.6 is 0 Å². The number of benzene rings is 1. The van der Waals surface area contributed by atoms with Gasteiger partial charge in [0.15, 0.2) is 5.82 Å². The fourth-order valence-corrected chi connectivity index (χ4v) is 3.10. The molecular formula is C24H36N6O6. The predicted octanol–water partition coefficient (Wildman–Crippen LogP) is 2.30. The van der Waals surface area contributed by atoms with E-state index in [4.69, 9.17) is 9.47 Å². The molecule has 2 amide bonds. The Hall–Kier alpha value is -3.54. The molecule has 1 aromatic heterocycles. The lowest BCUT2D eigenvalue weighted by atomic mass is 10.0. The molecule has 1 aromatic carbocycles. The first kappa shape index (κ1) is 28.7. The lowest BCUT2D eigenvalue weighted by molar-refractivity contribution is -0.140. The molecule has 198 valence electrons. The highest BCUT2D eigenvalue weighted by Gasteiger charge is 2.34. The van der Waals surface area contributed by atoms with Crippen LogP contribution in [0.4, 0.5) is 4.79 Å². The number of alkyl carbamates (subject to hydrolysis) is 1. The number of aromatic nitrogens is 4. The number of nitrogens with one attached hydrogen (secondary N) is 2. The van der Waals surface area contributed by atoms with Crippen molar-refractivity contribution in [3.8, 4) is 0 Å². The highest BCUT2D eigenvalue weighted by molar-refractivity contribution is 5.89. The summed E-state index contributed by atoms with van der Waals surface area (Å²) in [5.41, 5.74) is -1.05. The third kappa shape index (κ3) is 9.61. The van der Waals surface area contributed by atoms with Crippen molar-refractivity contribution in [1.82, 2.24) is 30.8 Å². The zero-order valence-electron chi connectivity index (χ0n) is 21.7. The molecule has 2 rings (SSSR count). The number of tetrazole rings is 1. The van der Waals surface area contributed by atoms with E-state index in [0.717, 1.165) is 5.56 Å². The summed E-state index contributed by atoms with van der Waals surface area (Å²) in [5.74, 6) is -0.462. The Labute approximate surface area is 211 Å². The molecule has 0 saturated heterocycles. The largest absolute Gasteiger partial charge is 0.469 e. The molecule has 0 aliphatic carbocycles. The van der Waals surface area contributed by atoms with Crippen LogP contribution in [-0.2, 0) is 37.0 Å². The smallest absolute Gasteiger partial charge is 0.408 e. The van der Waals surface area contributed by atoms with Gasteiger partial charge in [0.1, 0.15) is 17.2 Å². The Morgan fingerprint density at radius 1 is 1.08 bits per heavy atom. The molecule has 0 saturated carbocycles. The molecule has 2 aromatic rings. The summed E-state index contributed by atoms with van der Waals surface area (Å²) < 4.78 is 17.3. The number of hydrogen-bond acceptors (Lipinski definition) is 9. The average molecular weight is 505 g/mol. The number of aryl methyl sites for hydroxylation is 1. The highest BCUT2D eigenvalue weighted by Crippen LogP contribution is 2.16. The number of esters is 1. The Morgan fingerprint density at radius 2 is 1.78 bits per heavy atom. The Kier molecular flexibility index (Phi) is 10.3. The summed E-state index contributed by atoms with van der Waals surface area (Å²) in [5, 5.41) is 17.3. The van der Waals surface area contributed by atoms with Gasteiger partial charge in [-0.05, 0) is 57.0 Å². The van der Waals surface area contributed by atoms with Crippen molar-refractivity contribution in [3.05, 3.63) is 41.7 Å². The number of nitrogens with zero attached hydrogens (tertiary/aromatic N) is 4. The summed E-state index contributed by atoms with van der Waals surface area (Å²) in [6.07, 6.45) is -0.0706. The van der Waals surface area contributed by atoms with Crippen LogP contribution in [0, 0.1) is 0 Å². The molecule has 12 nitrogen and oxygen atoms in total. The quantitative estimate of drug-likeness (QED) is 0.416. The van der Waals surface area contributed by atoms with Gasteiger partial charge in [0, 0.05) is 13.0 Å². The van der Waals surface area contributed by atoms with E-state index in [1.54, 1.807) is 34.6 Å². The number of rotatable bonds is 12. The summed E-state index contributed by atoms with van der Waals surface area (Å²) >= 11 is 0. The van der Waals surface area contributed by atoms with E-state index in [1.165, 1.54) is 11.8 Å². The lowest BCUT2D eigenvalue weighted by Crippen LogP contribution is -2.56. The summed E-state index contributed by atoms with van der Waals surface area (Å²) in [7, 11) is 1.33. The van der Waals surface area contributed by atoms with Gasteiger partial charge < -0.3 is 24.8 Å². The molecule has 0 radical (unpaired) electrons. The second-order valence-corrected chi connectivity index (χ2v) is 9.72. The van der Waals surface area contributed by atoms with Gasteiger partial charge in [-0.3, -0.25) is 9.59 Å². The van der Waals surface area contributed by atoms with Crippen molar-refractivity contribution in [2.24, 2.45) is 0 Å². The number of ether oxygens (including phenoxy) is 3. The van der Waals surface area contributed by atoms with Crippen LogP contribution in [0.1, 0.15) is 64.9 Å². The van der Waals surface area contributed by atoms with Crippen molar-refractivity contribution in [3.63, 3.8) is 0 Å². The van der Waals surface area contributed by atoms with E-state index in [-0.39, 0.29) is 19.0 Å². The minimum Gasteiger partial charge on any atom is -0.469 e. The Bertz CT molecular complexity index is 1000. The third-order valence-corrected chi connectivity index (χ3v) is 4.93. The second-order valence-electron chi connectivity index (χ2n) is 9.72. The molecule has 0 spiro atoms. The molecule has 12 heteroatoms.